The van der Waals surface area contributed by atoms with Crippen LogP contribution in [0.15, 0.2) is 83.8 Å². The van der Waals surface area contributed by atoms with Crippen LogP contribution in [-0.4, -0.2) is 28.0 Å². The summed E-state index contributed by atoms with van der Waals surface area (Å²) >= 11 is 0. The number of carbonyl (C=O) groups excluding carboxylic acids is 1. The van der Waals surface area contributed by atoms with Crippen LogP contribution in [0.25, 0.3) is 0 Å². The lowest BCUT2D eigenvalue weighted by Gasteiger charge is -2.11. The fraction of sp³-hybridized carbons (Fsp3) is 0.0952. The average Bonchev–Trinajstić information content (AvgIpc) is 2.73. The van der Waals surface area contributed by atoms with Gasteiger partial charge in [-0.05, 0) is 48.5 Å². The van der Waals surface area contributed by atoms with Gasteiger partial charge in [0.15, 0.2) is 6.61 Å². The summed E-state index contributed by atoms with van der Waals surface area (Å²) in [6.45, 7) is -0.230. The molecule has 0 bridgehead atoms. The van der Waals surface area contributed by atoms with Gasteiger partial charge in [0.2, 0.25) is 0 Å². The van der Waals surface area contributed by atoms with E-state index in [1.165, 1.54) is 31.4 Å². The molecular weight excluding hydrogens is 392 g/mol. The molecule has 0 aliphatic rings. The summed E-state index contributed by atoms with van der Waals surface area (Å²) in [4.78, 5) is 12.2. The lowest BCUT2D eigenvalue weighted by molar-refractivity contribution is -0.118. The number of rotatable bonds is 8. The third kappa shape index (κ3) is 5.49. The molecule has 3 rings (SSSR count). The van der Waals surface area contributed by atoms with Gasteiger partial charge in [0.25, 0.3) is 15.9 Å². The fourth-order valence-corrected chi connectivity index (χ4v) is 3.58. The van der Waals surface area contributed by atoms with Crippen LogP contribution in [0.5, 0.6) is 11.5 Å². The number of benzene rings is 3. The molecule has 0 aliphatic carbocycles. The molecule has 0 fully saturated rings. The molecule has 0 radical (unpaired) electrons. The first-order chi connectivity index (χ1) is 14.0. The SMILES string of the molecule is COc1ccccc1NC(=O)COc1ccc(S(=O)(=O)Nc2ccccc2)cc1. The number of para-hydroxylation sites is 3. The fourth-order valence-electron chi connectivity index (χ4n) is 2.52. The number of amides is 1. The molecule has 3 aromatic carbocycles. The molecule has 0 aromatic heterocycles. The summed E-state index contributed by atoms with van der Waals surface area (Å²) in [5.74, 6) is 0.553. The lowest BCUT2D eigenvalue weighted by atomic mass is 10.3. The monoisotopic (exact) mass is 412 g/mol. The van der Waals surface area contributed by atoms with Gasteiger partial charge in [0.05, 0.1) is 17.7 Å². The van der Waals surface area contributed by atoms with Gasteiger partial charge in [-0.3, -0.25) is 9.52 Å². The summed E-state index contributed by atoms with van der Waals surface area (Å²) in [6.07, 6.45) is 0. The molecule has 29 heavy (non-hydrogen) atoms. The van der Waals surface area contributed by atoms with Crippen LogP contribution in [-0.2, 0) is 14.8 Å². The van der Waals surface area contributed by atoms with E-state index in [9.17, 15) is 13.2 Å². The normalized spacial score (nSPS) is 10.8. The van der Waals surface area contributed by atoms with E-state index in [0.29, 0.717) is 22.9 Å². The van der Waals surface area contributed by atoms with Crippen LogP contribution in [0, 0.1) is 0 Å². The first kappa shape index (κ1) is 20.2. The van der Waals surface area contributed by atoms with Crippen LogP contribution in [0.1, 0.15) is 0 Å². The Morgan fingerprint density at radius 2 is 1.55 bits per heavy atom. The van der Waals surface area contributed by atoms with E-state index in [4.69, 9.17) is 9.47 Å². The second-order valence-corrected chi connectivity index (χ2v) is 7.66. The van der Waals surface area contributed by atoms with Crippen molar-refractivity contribution in [1.82, 2.24) is 0 Å². The van der Waals surface area contributed by atoms with Crippen molar-refractivity contribution in [3.05, 3.63) is 78.9 Å². The minimum absolute atomic E-state index is 0.0900. The van der Waals surface area contributed by atoms with Gasteiger partial charge < -0.3 is 14.8 Å². The number of hydrogen-bond acceptors (Lipinski definition) is 5. The quantitative estimate of drug-likeness (QED) is 0.591. The van der Waals surface area contributed by atoms with Crippen molar-refractivity contribution in [3.63, 3.8) is 0 Å². The summed E-state index contributed by atoms with van der Waals surface area (Å²) in [5.41, 5.74) is 1.01. The van der Waals surface area contributed by atoms with E-state index in [1.807, 2.05) is 0 Å². The highest BCUT2D eigenvalue weighted by Gasteiger charge is 2.14. The summed E-state index contributed by atoms with van der Waals surface area (Å²) in [5, 5.41) is 2.70. The highest BCUT2D eigenvalue weighted by molar-refractivity contribution is 7.92. The molecular formula is C21H20N2O5S. The second kappa shape index (κ2) is 9.11. The zero-order valence-corrected chi connectivity index (χ0v) is 16.5. The Kier molecular flexibility index (Phi) is 6.36. The summed E-state index contributed by atoms with van der Waals surface area (Å²) in [7, 11) is -2.19. The molecule has 0 saturated carbocycles. The Bertz CT molecular complexity index is 1070. The van der Waals surface area contributed by atoms with E-state index in [2.05, 4.69) is 10.0 Å². The van der Waals surface area contributed by atoms with Crippen LogP contribution >= 0.6 is 0 Å². The third-order valence-electron chi connectivity index (χ3n) is 3.91. The molecule has 1 amide bonds. The molecule has 0 heterocycles. The van der Waals surface area contributed by atoms with E-state index in [0.717, 1.165) is 0 Å². The van der Waals surface area contributed by atoms with Gasteiger partial charge in [-0.2, -0.15) is 0 Å². The third-order valence-corrected chi connectivity index (χ3v) is 5.31. The smallest absolute Gasteiger partial charge is 0.262 e. The van der Waals surface area contributed by atoms with Crippen molar-refractivity contribution in [3.8, 4) is 11.5 Å². The Morgan fingerprint density at radius 1 is 0.897 bits per heavy atom. The van der Waals surface area contributed by atoms with Gasteiger partial charge >= 0.3 is 0 Å². The number of carbonyl (C=O) groups is 1. The zero-order valence-electron chi connectivity index (χ0n) is 15.7. The van der Waals surface area contributed by atoms with Crippen molar-refractivity contribution in [1.29, 1.82) is 0 Å². The van der Waals surface area contributed by atoms with E-state index in [-0.39, 0.29) is 17.4 Å². The van der Waals surface area contributed by atoms with E-state index in [1.54, 1.807) is 54.6 Å². The molecule has 0 unspecified atom stereocenters. The maximum atomic E-state index is 12.4. The topological polar surface area (TPSA) is 93.7 Å². The van der Waals surface area contributed by atoms with Gasteiger partial charge in [0, 0.05) is 5.69 Å². The van der Waals surface area contributed by atoms with Crippen molar-refractivity contribution in [2.24, 2.45) is 0 Å². The molecule has 150 valence electrons. The second-order valence-electron chi connectivity index (χ2n) is 5.98. The van der Waals surface area contributed by atoms with E-state index < -0.39 is 10.0 Å². The largest absolute Gasteiger partial charge is 0.495 e. The van der Waals surface area contributed by atoms with Crippen LogP contribution in [0.2, 0.25) is 0 Å². The highest BCUT2D eigenvalue weighted by atomic mass is 32.2. The van der Waals surface area contributed by atoms with Crippen LogP contribution < -0.4 is 19.5 Å². The Hall–Kier alpha value is -3.52. The number of ether oxygens (including phenoxy) is 2. The first-order valence-corrected chi connectivity index (χ1v) is 10.2. The summed E-state index contributed by atoms with van der Waals surface area (Å²) in [6, 6.07) is 21.5. The highest BCUT2D eigenvalue weighted by Crippen LogP contribution is 2.23. The number of methoxy groups -OCH3 is 1. The van der Waals surface area contributed by atoms with Crippen molar-refractivity contribution in [2.45, 2.75) is 4.90 Å². The van der Waals surface area contributed by atoms with Gasteiger partial charge in [-0.25, -0.2) is 8.42 Å². The molecule has 3 aromatic rings. The number of sulfonamides is 1. The molecule has 0 aliphatic heterocycles. The lowest BCUT2D eigenvalue weighted by Crippen LogP contribution is -2.20. The number of hydrogen-bond donors (Lipinski definition) is 2. The Labute approximate surface area is 169 Å². The molecule has 0 saturated heterocycles. The van der Waals surface area contributed by atoms with Crippen molar-refractivity contribution >= 4 is 27.3 Å². The molecule has 8 heteroatoms. The molecule has 7 nitrogen and oxygen atoms in total. The predicted octanol–water partition coefficient (Wildman–Crippen LogP) is 3.51. The Balaban J connectivity index is 1.58. The summed E-state index contributed by atoms with van der Waals surface area (Å²) < 4.78 is 37.9. The minimum atomic E-state index is -3.71. The standard InChI is InChI=1S/C21H20N2O5S/c1-27-20-10-6-5-9-19(20)22-21(24)15-28-17-11-13-18(14-12-17)29(25,26)23-16-7-3-2-4-8-16/h2-14,23H,15H2,1H3,(H,22,24). The minimum Gasteiger partial charge on any atom is -0.495 e. The number of nitrogens with one attached hydrogen (secondary N) is 2. The van der Waals surface area contributed by atoms with E-state index >= 15 is 0 Å². The Morgan fingerprint density at radius 3 is 2.24 bits per heavy atom. The van der Waals surface area contributed by atoms with Gasteiger partial charge in [-0.15, -0.1) is 0 Å². The molecule has 0 atom stereocenters. The predicted molar refractivity (Wildman–Crippen MR) is 111 cm³/mol. The van der Waals surface area contributed by atoms with Crippen LogP contribution in [0.3, 0.4) is 0 Å². The molecule has 2 N–H and O–H groups in total. The van der Waals surface area contributed by atoms with Crippen LogP contribution in [0.4, 0.5) is 11.4 Å². The van der Waals surface area contributed by atoms with Gasteiger partial charge in [0.1, 0.15) is 11.5 Å². The number of anilines is 2. The zero-order chi connectivity index (χ0) is 20.7. The van der Waals surface area contributed by atoms with Crippen molar-refractivity contribution in [2.75, 3.05) is 23.8 Å². The molecule has 0 spiro atoms. The first-order valence-electron chi connectivity index (χ1n) is 8.71. The average molecular weight is 412 g/mol. The maximum Gasteiger partial charge on any atom is 0.262 e. The van der Waals surface area contributed by atoms with Crippen molar-refractivity contribution < 1.29 is 22.7 Å². The van der Waals surface area contributed by atoms with Gasteiger partial charge in [-0.1, -0.05) is 30.3 Å². The maximum absolute atomic E-state index is 12.4.